The van der Waals surface area contributed by atoms with Crippen molar-refractivity contribution in [2.75, 3.05) is 11.5 Å². The lowest BCUT2D eigenvalue weighted by Crippen LogP contribution is -2.43. The highest BCUT2D eigenvalue weighted by Crippen LogP contribution is 2.21. The molecule has 0 aliphatic carbocycles. The zero-order chi connectivity index (χ0) is 22.7. The molecule has 2 N–H and O–H groups in total. The lowest BCUT2D eigenvalue weighted by atomic mass is 10.2. The normalized spacial score (nSPS) is 10.9. The van der Waals surface area contributed by atoms with Crippen LogP contribution >= 0.6 is 11.8 Å². The van der Waals surface area contributed by atoms with Crippen LogP contribution in [0.4, 0.5) is 5.82 Å². The molecule has 0 atom stereocenters. The van der Waals surface area contributed by atoms with Crippen LogP contribution in [0, 0.1) is 0 Å². The Bertz CT molecular complexity index is 1380. The molecule has 9 nitrogen and oxygen atoms in total. The first-order valence-corrected chi connectivity index (χ1v) is 10.7. The molecular formula is C22H20N6O3S. The number of carbonyl (C=O) groups excluding carboxylic acids is 1. The number of hydrogen-bond acceptors (Lipinski definition) is 7. The van der Waals surface area contributed by atoms with E-state index < -0.39 is 17.0 Å². The van der Waals surface area contributed by atoms with E-state index in [1.807, 2.05) is 60.7 Å². The molecule has 162 valence electrons. The fraction of sp³-hybridized carbons (Fsp3) is 0.136. The van der Waals surface area contributed by atoms with Crippen LogP contribution in [-0.4, -0.2) is 35.4 Å². The first-order chi connectivity index (χ1) is 15.5. The molecule has 0 bridgehead atoms. The van der Waals surface area contributed by atoms with E-state index in [1.54, 1.807) is 10.9 Å². The molecule has 0 spiro atoms. The highest BCUT2D eigenvalue weighted by atomic mass is 32.2. The van der Waals surface area contributed by atoms with Crippen molar-refractivity contribution >= 4 is 23.4 Å². The molecule has 0 saturated heterocycles. The molecule has 2 aromatic heterocycles. The number of nitrogen functional groups attached to an aromatic ring is 1. The van der Waals surface area contributed by atoms with Crippen molar-refractivity contribution in [3.8, 4) is 5.69 Å². The van der Waals surface area contributed by atoms with Crippen LogP contribution in [0.25, 0.3) is 5.69 Å². The van der Waals surface area contributed by atoms with Crippen molar-refractivity contribution in [3.63, 3.8) is 0 Å². The smallest absolute Gasteiger partial charge is 0.332 e. The maximum absolute atomic E-state index is 13.0. The first-order valence-electron chi connectivity index (χ1n) is 9.72. The Morgan fingerprint density at radius 3 is 2.38 bits per heavy atom. The van der Waals surface area contributed by atoms with Crippen molar-refractivity contribution in [1.29, 1.82) is 0 Å². The fourth-order valence-electron chi connectivity index (χ4n) is 3.25. The zero-order valence-corrected chi connectivity index (χ0v) is 18.0. The topological polar surface area (TPSA) is 118 Å². The molecule has 0 radical (unpaired) electrons. The monoisotopic (exact) mass is 448 g/mol. The molecule has 0 aliphatic heterocycles. The van der Waals surface area contributed by atoms with Gasteiger partial charge in [0, 0.05) is 12.7 Å². The maximum atomic E-state index is 13.0. The molecule has 4 rings (SSSR count). The molecule has 2 heterocycles. The number of Topliss-reactive ketones (excluding diaryl/α,β-unsaturated/α-hetero) is 1. The van der Waals surface area contributed by atoms with Crippen molar-refractivity contribution in [2.45, 2.75) is 11.7 Å². The summed E-state index contributed by atoms with van der Waals surface area (Å²) in [7, 11) is 1.33. The minimum atomic E-state index is -0.716. The van der Waals surface area contributed by atoms with E-state index in [1.165, 1.54) is 11.6 Å². The van der Waals surface area contributed by atoms with E-state index in [0.29, 0.717) is 5.16 Å². The number of thioether (sulfide) groups is 1. The van der Waals surface area contributed by atoms with Crippen LogP contribution in [0.1, 0.15) is 15.9 Å². The summed E-state index contributed by atoms with van der Waals surface area (Å²) in [5, 5.41) is 8.48. The molecule has 32 heavy (non-hydrogen) atoms. The number of hydrogen-bond donors (Lipinski definition) is 1. The second-order valence-corrected chi connectivity index (χ2v) is 7.95. The van der Waals surface area contributed by atoms with Crippen molar-refractivity contribution in [3.05, 3.63) is 99.0 Å². The van der Waals surface area contributed by atoms with Crippen LogP contribution in [-0.2, 0) is 13.6 Å². The van der Waals surface area contributed by atoms with E-state index in [2.05, 4.69) is 10.2 Å². The van der Waals surface area contributed by atoms with E-state index in [4.69, 9.17) is 5.73 Å². The van der Waals surface area contributed by atoms with Crippen LogP contribution in [0.15, 0.2) is 81.7 Å². The second kappa shape index (κ2) is 9.06. The molecule has 2 aromatic carbocycles. The lowest BCUT2D eigenvalue weighted by Gasteiger charge is -2.14. The Hall–Kier alpha value is -3.92. The fourth-order valence-corrected chi connectivity index (χ4v) is 4.06. The number of aromatic nitrogens is 5. The Morgan fingerprint density at radius 1 is 1.03 bits per heavy atom. The minimum absolute atomic E-state index is 0.0888. The number of benzene rings is 2. The summed E-state index contributed by atoms with van der Waals surface area (Å²) in [6.45, 7) is 0.148. The maximum Gasteiger partial charge on any atom is 0.332 e. The van der Waals surface area contributed by atoms with E-state index in [9.17, 15) is 14.4 Å². The van der Waals surface area contributed by atoms with Gasteiger partial charge in [0.1, 0.15) is 17.7 Å². The molecule has 0 amide bonds. The summed E-state index contributed by atoms with van der Waals surface area (Å²) >= 11 is 1.14. The largest absolute Gasteiger partial charge is 0.384 e. The first kappa shape index (κ1) is 21.3. The molecule has 4 aromatic rings. The zero-order valence-electron chi connectivity index (χ0n) is 17.2. The predicted octanol–water partition coefficient (Wildman–Crippen LogP) is 1.73. The van der Waals surface area contributed by atoms with Crippen molar-refractivity contribution in [2.24, 2.45) is 7.05 Å². The van der Waals surface area contributed by atoms with Gasteiger partial charge in [-0.25, -0.2) is 4.79 Å². The number of nitrogens with zero attached hydrogens (tertiary/aromatic N) is 5. The third-order valence-corrected chi connectivity index (χ3v) is 5.87. The van der Waals surface area contributed by atoms with Gasteiger partial charge in [0.2, 0.25) is 0 Å². The molecule has 0 fully saturated rings. The third kappa shape index (κ3) is 4.12. The molecule has 0 unspecified atom stereocenters. The highest BCUT2D eigenvalue weighted by Gasteiger charge is 2.22. The summed E-state index contributed by atoms with van der Waals surface area (Å²) in [6.07, 6.45) is 1.55. The average molecular weight is 449 g/mol. The number of carbonyl (C=O) groups is 1. The highest BCUT2D eigenvalue weighted by molar-refractivity contribution is 7.99. The van der Waals surface area contributed by atoms with Crippen LogP contribution < -0.4 is 17.0 Å². The van der Waals surface area contributed by atoms with E-state index in [0.717, 1.165) is 27.6 Å². The van der Waals surface area contributed by atoms with Crippen molar-refractivity contribution in [1.82, 2.24) is 23.9 Å². The summed E-state index contributed by atoms with van der Waals surface area (Å²) in [4.78, 5) is 38.4. The number of ketones is 1. The van der Waals surface area contributed by atoms with Gasteiger partial charge >= 0.3 is 5.69 Å². The summed E-state index contributed by atoms with van der Waals surface area (Å²) in [6, 6.07) is 18.7. The average Bonchev–Trinajstić information content (AvgIpc) is 3.29. The summed E-state index contributed by atoms with van der Waals surface area (Å²) in [5.41, 5.74) is 6.33. The third-order valence-electron chi connectivity index (χ3n) is 4.93. The van der Waals surface area contributed by atoms with Crippen LogP contribution in [0.5, 0.6) is 0 Å². The van der Waals surface area contributed by atoms with Gasteiger partial charge in [-0.2, -0.15) is 0 Å². The summed E-state index contributed by atoms with van der Waals surface area (Å²) in [5.74, 6) is -0.719. The van der Waals surface area contributed by atoms with E-state index in [-0.39, 0.29) is 23.7 Å². The molecule has 0 aliphatic rings. The lowest BCUT2D eigenvalue weighted by molar-refractivity contribution is 0.102. The minimum Gasteiger partial charge on any atom is -0.384 e. The van der Waals surface area contributed by atoms with Gasteiger partial charge in [-0.05, 0) is 17.7 Å². The van der Waals surface area contributed by atoms with Gasteiger partial charge < -0.3 is 5.73 Å². The van der Waals surface area contributed by atoms with Crippen LogP contribution in [0.3, 0.4) is 0 Å². The summed E-state index contributed by atoms with van der Waals surface area (Å²) < 4.78 is 3.89. The molecular weight excluding hydrogens is 428 g/mol. The molecule has 0 saturated carbocycles. The SMILES string of the molecule is Cn1c(=O)c(C(=O)CSc2nncn2-c2ccccc2)c(N)n(Cc2ccccc2)c1=O. The van der Waals surface area contributed by atoms with E-state index >= 15 is 0 Å². The van der Waals surface area contributed by atoms with Gasteiger partial charge in [0.15, 0.2) is 10.9 Å². The van der Waals surface area contributed by atoms with Gasteiger partial charge in [0.05, 0.1) is 12.3 Å². The Labute approximate surface area is 187 Å². The van der Waals surface area contributed by atoms with Crippen LogP contribution in [0.2, 0.25) is 0 Å². The molecule has 10 heteroatoms. The Balaban J connectivity index is 1.63. The number of para-hydroxylation sites is 1. The number of nitrogens with two attached hydrogens (primary N) is 1. The van der Waals surface area contributed by atoms with Gasteiger partial charge in [0.25, 0.3) is 5.56 Å². The number of rotatable bonds is 7. The Morgan fingerprint density at radius 2 is 1.69 bits per heavy atom. The van der Waals surface area contributed by atoms with Gasteiger partial charge in [-0.1, -0.05) is 60.3 Å². The second-order valence-electron chi connectivity index (χ2n) is 7.01. The number of anilines is 1. The standard InChI is InChI=1S/C22H20N6O3S/c1-26-20(30)18(19(23)27(22(26)31)12-15-8-4-2-5-9-15)17(29)13-32-21-25-24-14-28(21)16-10-6-3-7-11-16/h2-11,14H,12-13,23H2,1H3. The van der Waals surface area contributed by atoms with Crippen molar-refractivity contribution < 1.29 is 4.79 Å². The Kier molecular flexibility index (Phi) is 6.04. The van der Waals surface area contributed by atoms with Gasteiger partial charge in [-0.3, -0.25) is 23.3 Å². The predicted molar refractivity (Wildman–Crippen MR) is 122 cm³/mol. The quantitative estimate of drug-likeness (QED) is 0.338. The van der Waals surface area contributed by atoms with Gasteiger partial charge in [-0.15, -0.1) is 10.2 Å².